The number of benzene rings is 3. The molecule has 0 atom stereocenters. The monoisotopic (exact) mass is 544 g/mol. The van der Waals surface area contributed by atoms with Crippen molar-refractivity contribution in [2.45, 2.75) is 20.8 Å². The van der Waals surface area contributed by atoms with Crippen LogP contribution < -0.4 is 17.2 Å². The first-order chi connectivity index (χ1) is 17.6. The van der Waals surface area contributed by atoms with Crippen LogP contribution in [0.25, 0.3) is 0 Å². The fraction of sp³-hybridized carbons (Fsp3) is 0.172. The molecule has 8 heteroatoms. The van der Waals surface area contributed by atoms with Crippen LogP contribution in [0.4, 0.5) is 17.1 Å². The molecular weight excluding hydrogens is 502 g/mol. The first-order valence-electron chi connectivity index (χ1n) is 10.5. The third-order valence-electron chi connectivity index (χ3n) is 2.67. The van der Waals surface area contributed by atoms with Gasteiger partial charge >= 0.3 is 23.7 Å². The van der Waals surface area contributed by atoms with Gasteiger partial charge in [-0.1, -0.05) is 37.8 Å². The number of nitrogen functional groups attached to an aromatic ring is 3. The first-order valence-corrected chi connectivity index (χ1v) is 11.2. The van der Waals surface area contributed by atoms with E-state index in [0.29, 0.717) is 0 Å². The van der Waals surface area contributed by atoms with Gasteiger partial charge in [0.2, 0.25) is 0 Å². The van der Waals surface area contributed by atoms with Gasteiger partial charge in [-0.3, -0.25) is 10.5 Å². The van der Waals surface area contributed by atoms with Gasteiger partial charge in [0, 0.05) is 6.61 Å². The van der Waals surface area contributed by atoms with E-state index < -0.39 is 0 Å². The average molecular weight is 545 g/mol. The predicted octanol–water partition coefficient (Wildman–Crippen LogP) is 6.14. The molecule has 0 unspecified atom stereocenters. The van der Waals surface area contributed by atoms with E-state index in [2.05, 4.69) is 45.2 Å². The zero-order chi connectivity index (χ0) is 30.0. The van der Waals surface area contributed by atoms with Crippen molar-refractivity contribution in [3.63, 3.8) is 0 Å². The van der Waals surface area contributed by atoms with Crippen molar-refractivity contribution in [2.75, 3.05) is 23.8 Å². The van der Waals surface area contributed by atoms with E-state index in [1.165, 1.54) is 12.2 Å². The van der Waals surface area contributed by atoms with Crippen LogP contribution in [-0.4, -0.2) is 22.2 Å². The second-order valence-electron chi connectivity index (χ2n) is 7.31. The van der Waals surface area contributed by atoms with E-state index in [9.17, 15) is 0 Å². The van der Waals surface area contributed by atoms with Crippen molar-refractivity contribution >= 4 is 17.1 Å². The van der Waals surface area contributed by atoms with E-state index in [0.717, 1.165) is 37.5 Å². The van der Waals surface area contributed by atoms with Crippen molar-refractivity contribution in [1.29, 1.82) is 0 Å². The van der Waals surface area contributed by atoms with E-state index >= 15 is 0 Å². The second-order valence-corrected chi connectivity index (χ2v) is 7.31. The van der Waals surface area contributed by atoms with E-state index in [4.69, 9.17) is 36.1 Å². The molecule has 3 aromatic rings. The van der Waals surface area contributed by atoms with Crippen LogP contribution >= 0.6 is 0 Å². The number of aliphatic hydroxyl groups is 1. The van der Waals surface area contributed by atoms with Gasteiger partial charge in [-0.05, 0) is 5.41 Å². The maximum absolute atomic E-state index is 8.40. The van der Waals surface area contributed by atoms with Crippen molar-refractivity contribution in [2.24, 2.45) is 5.41 Å². The molecule has 0 heterocycles. The molecule has 0 aliphatic heterocycles. The van der Waals surface area contributed by atoms with Gasteiger partial charge in [-0.2, -0.15) is 91.0 Å². The molecule has 0 aliphatic rings. The summed E-state index contributed by atoms with van der Waals surface area (Å²) in [5.74, 6) is 0. The Labute approximate surface area is 236 Å². The molecule has 0 saturated carbocycles. The number of nitrogens with two attached hydrogens (primary N) is 3. The minimum absolute atomic E-state index is 0.0972. The number of aliphatic hydroxyl groups excluding tert-OH is 1. The SMILES string of the molecule is C=C[CH2-].C=C[CH2-].CC(C)(C)CO.Nc1c[c-]ccc1.Nc1c[c-]ccc1.Nc1c[c-]ccc1.OO.[O]=[Ti]. The van der Waals surface area contributed by atoms with Crippen molar-refractivity contribution in [1.82, 2.24) is 0 Å². The Kier molecular flexibility index (Phi) is 44.0. The molecule has 0 bridgehead atoms. The van der Waals surface area contributed by atoms with Crippen LogP contribution in [0.5, 0.6) is 0 Å². The van der Waals surface area contributed by atoms with Crippen LogP contribution in [0.1, 0.15) is 20.8 Å². The van der Waals surface area contributed by atoms with Crippen LogP contribution in [0.15, 0.2) is 98.1 Å². The quantitative estimate of drug-likeness (QED) is 0.0653. The molecule has 0 fully saturated rings. The van der Waals surface area contributed by atoms with Gasteiger partial charge < -0.3 is 22.3 Å². The topological polar surface area (TPSA) is 156 Å². The summed E-state index contributed by atoms with van der Waals surface area (Å²) in [4.78, 5) is 0. The van der Waals surface area contributed by atoms with E-state index in [1.807, 2.05) is 75.4 Å². The molecule has 0 aromatic heterocycles. The molecule has 7 nitrogen and oxygen atoms in total. The zero-order valence-corrected chi connectivity index (χ0v) is 23.7. The van der Waals surface area contributed by atoms with Crippen LogP contribution in [0.2, 0.25) is 0 Å². The first kappa shape index (κ1) is 43.7. The average Bonchev–Trinajstić information content (AvgIpc) is 2.90. The van der Waals surface area contributed by atoms with E-state index in [-0.39, 0.29) is 12.0 Å². The van der Waals surface area contributed by atoms with Gasteiger partial charge in [0.15, 0.2) is 0 Å². The molecule has 9 N–H and O–H groups in total. The minimum atomic E-state index is 0.0972. The summed E-state index contributed by atoms with van der Waals surface area (Å²) < 4.78 is 8.25. The standard InChI is InChI=1S/3C6H6N.C5H12O.2C3H5.H2O2.O.Ti/c3*7-6-4-2-1-3-5-6;1-5(2,3)4-6;2*1-3-2;1-2;;/h3*1-2,4-5H,7H2;6H,4H2,1-3H3;2*3H,1-2H2;1-2H;;/q3*-1;;2*-1;;;. The summed E-state index contributed by atoms with van der Waals surface area (Å²) >= 11 is 0.750. The number of anilines is 3. The molecule has 0 spiro atoms. The summed E-state index contributed by atoms with van der Waals surface area (Å²) in [5.41, 5.74) is 18.4. The number of hydrogen-bond acceptors (Lipinski definition) is 7. The van der Waals surface area contributed by atoms with Gasteiger partial charge in [-0.25, -0.2) is 39.2 Å². The molecule has 0 aliphatic carbocycles. The van der Waals surface area contributed by atoms with Crippen molar-refractivity contribution in [3.05, 3.63) is 130 Å². The Morgan fingerprint density at radius 2 is 0.973 bits per heavy atom. The van der Waals surface area contributed by atoms with Crippen LogP contribution in [0.3, 0.4) is 0 Å². The Morgan fingerprint density at radius 3 is 1.03 bits per heavy atom. The Bertz CT molecular complexity index is 706. The van der Waals surface area contributed by atoms with Crippen LogP contribution in [-0.2, 0) is 23.7 Å². The molecule has 0 saturated heterocycles. The number of hydrogen-bond donors (Lipinski definition) is 6. The predicted molar refractivity (Wildman–Crippen MR) is 153 cm³/mol. The summed E-state index contributed by atoms with van der Waals surface area (Å²) in [5, 5.41) is 20.4. The van der Waals surface area contributed by atoms with Crippen molar-refractivity contribution < 1.29 is 39.3 Å². The Hall–Kier alpha value is -3.33. The molecule has 0 amide bonds. The van der Waals surface area contributed by atoms with E-state index in [1.54, 1.807) is 18.2 Å². The molecule has 0 radical (unpaired) electrons. The van der Waals surface area contributed by atoms with Gasteiger partial charge in [0.05, 0.1) is 0 Å². The summed E-state index contributed by atoms with van der Waals surface area (Å²) in [6, 6.07) is 30.2. The second kappa shape index (κ2) is 37.2. The maximum atomic E-state index is 8.40. The fourth-order valence-electron chi connectivity index (χ4n) is 1.22. The Morgan fingerprint density at radius 1 is 0.784 bits per heavy atom. The van der Waals surface area contributed by atoms with Gasteiger partial charge in [-0.15, -0.1) is 0 Å². The van der Waals surface area contributed by atoms with Gasteiger partial charge in [0.25, 0.3) is 0 Å². The molecule has 3 aromatic carbocycles. The molecule has 37 heavy (non-hydrogen) atoms. The van der Waals surface area contributed by atoms with Crippen molar-refractivity contribution in [3.8, 4) is 0 Å². The molecule has 206 valence electrons. The third kappa shape index (κ3) is 54.9. The normalized spacial score (nSPS) is 7.70. The fourth-order valence-corrected chi connectivity index (χ4v) is 1.22. The van der Waals surface area contributed by atoms with Crippen LogP contribution in [0, 0.1) is 37.5 Å². The number of allylic oxidation sites excluding steroid dienone is 2. The summed E-state index contributed by atoms with van der Waals surface area (Å²) in [6.45, 7) is 19.2. The summed E-state index contributed by atoms with van der Waals surface area (Å²) in [7, 11) is 0. The molecule has 3 rings (SSSR count). The number of rotatable bonds is 0. The van der Waals surface area contributed by atoms with Gasteiger partial charge in [0.1, 0.15) is 0 Å². The summed E-state index contributed by atoms with van der Waals surface area (Å²) in [6.07, 6.45) is 3.00. The third-order valence-corrected chi connectivity index (χ3v) is 2.67. The zero-order valence-electron chi connectivity index (χ0n) is 22.1. The Balaban J connectivity index is -0.000000111. The molecular formula is C29H42N3O4Ti-5.